The van der Waals surface area contributed by atoms with Crippen LogP contribution >= 0.6 is 0 Å². The number of anilines is 2. The number of pyridine rings is 1. The lowest BCUT2D eigenvalue weighted by atomic mass is 10.1. The molecule has 0 spiro atoms. The van der Waals surface area contributed by atoms with Gasteiger partial charge in [0, 0.05) is 56.6 Å². The number of piperazine rings is 1. The summed E-state index contributed by atoms with van der Waals surface area (Å²) < 4.78 is 0. The Morgan fingerprint density at radius 1 is 1.03 bits per heavy atom. The molecular weight excluding hydrogens is 444 g/mol. The zero-order chi connectivity index (χ0) is 24.2. The first-order chi connectivity index (χ1) is 17.1. The maximum Gasteiger partial charge on any atom is 0.293 e. The lowest BCUT2D eigenvalue weighted by Crippen LogP contribution is -2.47. The van der Waals surface area contributed by atoms with Crippen molar-refractivity contribution in [2.45, 2.75) is 6.42 Å². The van der Waals surface area contributed by atoms with Gasteiger partial charge in [-0.05, 0) is 42.3 Å². The van der Waals surface area contributed by atoms with Crippen molar-refractivity contribution < 1.29 is 9.72 Å². The lowest BCUT2D eigenvalue weighted by molar-refractivity contribution is -0.383. The first-order valence-corrected chi connectivity index (χ1v) is 11.6. The Balaban J connectivity index is 1.25. The molecule has 0 aliphatic carbocycles. The van der Waals surface area contributed by atoms with E-state index in [9.17, 15) is 14.9 Å². The van der Waals surface area contributed by atoms with Crippen molar-refractivity contribution in [1.82, 2.24) is 14.9 Å². The molecular formula is C26H26N6O3. The maximum atomic E-state index is 13.0. The van der Waals surface area contributed by atoms with Crippen LogP contribution in [0.1, 0.15) is 16.1 Å². The predicted molar refractivity (Wildman–Crippen MR) is 136 cm³/mol. The smallest absolute Gasteiger partial charge is 0.293 e. The Labute approximate surface area is 202 Å². The van der Waals surface area contributed by atoms with Crippen molar-refractivity contribution >= 4 is 33.9 Å². The molecule has 2 N–H and O–H groups in total. The molecule has 2 aromatic heterocycles. The molecule has 0 saturated carbocycles. The first kappa shape index (κ1) is 22.5. The van der Waals surface area contributed by atoms with Gasteiger partial charge in [0.25, 0.3) is 11.6 Å². The van der Waals surface area contributed by atoms with E-state index in [4.69, 9.17) is 0 Å². The van der Waals surface area contributed by atoms with Gasteiger partial charge < -0.3 is 15.2 Å². The highest BCUT2D eigenvalue weighted by Crippen LogP contribution is 2.29. The number of H-pyrrole nitrogens is 1. The number of benzene rings is 2. The molecule has 178 valence electrons. The highest BCUT2D eigenvalue weighted by molar-refractivity contribution is 6.08. The minimum Gasteiger partial charge on any atom is -0.367 e. The summed E-state index contributed by atoms with van der Waals surface area (Å²) in [5, 5.41) is 14.9. The average Bonchev–Trinajstić information content (AvgIpc) is 3.33. The summed E-state index contributed by atoms with van der Waals surface area (Å²) in [4.78, 5) is 35.6. The van der Waals surface area contributed by atoms with Crippen LogP contribution in [0.3, 0.4) is 0 Å². The lowest BCUT2D eigenvalue weighted by Gasteiger charge is -2.37. The maximum absolute atomic E-state index is 13.0. The molecule has 1 fully saturated rings. The molecule has 35 heavy (non-hydrogen) atoms. The number of nitro groups is 1. The fraction of sp³-hybridized carbons (Fsp3) is 0.231. The van der Waals surface area contributed by atoms with Crippen LogP contribution in [0.2, 0.25) is 0 Å². The van der Waals surface area contributed by atoms with Gasteiger partial charge in [0.2, 0.25) is 0 Å². The second-order valence-electron chi connectivity index (χ2n) is 8.59. The van der Waals surface area contributed by atoms with Crippen LogP contribution in [0.4, 0.5) is 17.1 Å². The first-order valence-electron chi connectivity index (χ1n) is 11.6. The number of carbonyl (C=O) groups is 1. The molecule has 3 heterocycles. The normalized spacial score (nSPS) is 14.2. The van der Waals surface area contributed by atoms with Gasteiger partial charge in [0.15, 0.2) is 0 Å². The zero-order valence-electron chi connectivity index (χ0n) is 19.2. The number of aromatic amines is 1. The Kier molecular flexibility index (Phi) is 6.40. The van der Waals surface area contributed by atoms with Crippen molar-refractivity contribution in [2.75, 3.05) is 42.9 Å². The third kappa shape index (κ3) is 4.99. The van der Waals surface area contributed by atoms with E-state index in [0.29, 0.717) is 10.9 Å². The van der Waals surface area contributed by atoms with Crippen LogP contribution in [-0.2, 0) is 6.42 Å². The fourth-order valence-corrected chi connectivity index (χ4v) is 4.51. The number of aromatic nitrogens is 2. The Hall–Kier alpha value is -4.24. The van der Waals surface area contributed by atoms with Crippen molar-refractivity contribution in [3.8, 4) is 0 Å². The Morgan fingerprint density at radius 2 is 1.80 bits per heavy atom. The van der Waals surface area contributed by atoms with Crippen LogP contribution in [0.25, 0.3) is 10.9 Å². The van der Waals surface area contributed by atoms with Crippen LogP contribution in [0, 0.1) is 10.1 Å². The number of amides is 1. The number of carbonyl (C=O) groups excluding carboxylic acids is 1. The molecule has 1 saturated heterocycles. The van der Waals surface area contributed by atoms with Gasteiger partial charge in [-0.15, -0.1) is 0 Å². The topological polar surface area (TPSA) is 107 Å². The molecule has 0 radical (unpaired) electrons. The van der Waals surface area contributed by atoms with Crippen LogP contribution in [0.15, 0.2) is 73.1 Å². The summed E-state index contributed by atoms with van der Waals surface area (Å²) in [5.74, 6) is -0.334. The molecule has 1 aliphatic rings. The fourth-order valence-electron chi connectivity index (χ4n) is 4.51. The molecule has 9 nitrogen and oxygen atoms in total. The predicted octanol–water partition coefficient (Wildman–Crippen LogP) is 4.09. The molecule has 1 amide bonds. The minimum absolute atomic E-state index is 0.0521. The third-order valence-corrected chi connectivity index (χ3v) is 6.41. The number of nitrogens with one attached hydrogen (secondary N) is 2. The second kappa shape index (κ2) is 9.94. The molecule has 2 aromatic carbocycles. The Bertz CT molecular complexity index is 1350. The van der Waals surface area contributed by atoms with Gasteiger partial charge in [-0.25, -0.2) is 0 Å². The summed E-state index contributed by atoms with van der Waals surface area (Å²) in [7, 11) is 0. The van der Waals surface area contributed by atoms with Gasteiger partial charge >= 0.3 is 0 Å². The van der Waals surface area contributed by atoms with E-state index in [-0.39, 0.29) is 17.3 Å². The van der Waals surface area contributed by atoms with Crippen molar-refractivity contribution in [2.24, 2.45) is 0 Å². The summed E-state index contributed by atoms with van der Waals surface area (Å²) in [6.07, 6.45) is 4.66. The number of nitrogens with zero attached hydrogens (tertiary/aromatic N) is 4. The molecule has 5 rings (SSSR count). The number of hydrogen-bond acceptors (Lipinski definition) is 6. The van der Waals surface area contributed by atoms with Gasteiger partial charge in [-0.3, -0.25) is 24.8 Å². The summed E-state index contributed by atoms with van der Waals surface area (Å²) in [6, 6.07) is 18.3. The Morgan fingerprint density at radius 3 is 2.57 bits per heavy atom. The van der Waals surface area contributed by atoms with Crippen molar-refractivity contribution in [3.05, 3.63) is 94.4 Å². The average molecular weight is 471 g/mol. The highest BCUT2D eigenvalue weighted by Gasteiger charge is 2.21. The largest absolute Gasteiger partial charge is 0.367 e. The van der Waals surface area contributed by atoms with Crippen LogP contribution < -0.4 is 10.2 Å². The van der Waals surface area contributed by atoms with Crippen LogP contribution in [-0.4, -0.2) is 58.4 Å². The number of para-hydroxylation sites is 3. The van der Waals surface area contributed by atoms with E-state index in [1.807, 2.05) is 36.7 Å². The molecule has 0 unspecified atom stereocenters. The van der Waals surface area contributed by atoms with E-state index in [2.05, 4.69) is 37.2 Å². The standard InChI is InChI=1S/C26H26N6O3/c33-26(22-18-20-4-3-7-24(32(34)35)25(20)28-22)29-21-5-1-2-6-23(21)31-16-14-30(15-17-31)13-10-19-8-11-27-12-9-19/h1-9,11-12,18,28H,10,13-17H2,(H,29,33). The van der Waals surface area contributed by atoms with E-state index in [0.717, 1.165) is 50.5 Å². The number of nitro benzene ring substituents is 1. The van der Waals surface area contributed by atoms with Crippen molar-refractivity contribution in [1.29, 1.82) is 0 Å². The van der Waals surface area contributed by atoms with Crippen molar-refractivity contribution in [3.63, 3.8) is 0 Å². The summed E-state index contributed by atoms with van der Waals surface area (Å²) in [5.41, 5.74) is 3.55. The van der Waals surface area contributed by atoms with E-state index in [1.54, 1.807) is 18.2 Å². The van der Waals surface area contributed by atoms with Gasteiger partial charge in [0.05, 0.1) is 16.3 Å². The van der Waals surface area contributed by atoms with Gasteiger partial charge in [0.1, 0.15) is 11.2 Å². The minimum atomic E-state index is -0.452. The highest BCUT2D eigenvalue weighted by atomic mass is 16.6. The molecule has 0 bridgehead atoms. The monoisotopic (exact) mass is 470 g/mol. The third-order valence-electron chi connectivity index (χ3n) is 6.41. The van der Waals surface area contributed by atoms with Gasteiger partial charge in [-0.2, -0.15) is 0 Å². The molecule has 0 atom stereocenters. The second-order valence-corrected chi connectivity index (χ2v) is 8.59. The molecule has 4 aromatic rings. The molecule has 9 heteroatoms. The number of hydrogen-bond donors (Lipinski definition) is 2. The van der Waals surface area contributed by atoms with E-state index in [1.165, 1.54) is 11.6 Å². The SMILES string of the molecule is O=C(Nc1ccccc1N1CCN(CCc2ccncc2)CC1)c1cc2cccc([N+](=O)[O-])c2[nH]1. The van der Waals surface area contributed by atoms with Gasteiger partial charge in [-0.1, -0.05) is 24.3 Å². The quantitative estimate of drug-likeness (QED) is 0.311. The number of fused-ring (bicyclic) bond motifs is 1. The van der Waals surface area contributed by atoms with Crippen LogP contribution in [0.5, 0.6) is 0 Å². The summed E-state index contributed by atoms with van der Waals surface area (Å²) in [6.45, 7) is 4.62. The number of rotatable bonds is 7. The zero-order valence-corrected chi connectivity index (χ0v) is 19.2. The van der Waals surface area contributed by atoms with E-state index >= 15 is 0 Å². The molecule has 1 aliphatic heterocycles. The van der Waals surface area contributed by atoms with E-state index < -0.39 is 4.92 Å². The number of non-ortho nitro benzene ring substituents is 1. The summed E-state index contributed by atoms with van der Waals surface area (Å²) >= 11 is 0.